The summed E-state index contributed by atoms with van der Waals surface area (Å²) in [7, 11) is -3.21. The number of guanidine groups is 1. The van der Waals surface area contributed by atoms with Gasteiger partial charge in [-0.25, -0.2) is 17.7 Å². The van der Waals surface area contributed by atoms with Crippen LogP contribution in [0.15, 0.2) is 29.3 Å². The number of hydrogen-bond donors (Lipinski definition) is 2. The van der Waals surface area contributed by atoms with Crippen molar-refractivity contribution < 1.29 is 8.42 Å². The van der Waals surface area contributed by atoms with E-state index in [-0.39, 0.29) is 5.75 Å². The van der Waals surface area contributed by atoms with Crippen LogP contribution in [0.2, 0.25) is 5.02 Å². The minimum atomic E-state index is -3.21. The summed E-state index contributed by atoms with van der Waals surface area (Å²) >= 11 is 7.67. The predicted molar refractivity (Wildman–Crippen MR) is 107 cm³/mol. The second kappa shape index (κ2) is 10.3. The van der Waals surface area contributed by atoms with Crippen molar-refractivity contribution in [1.82, 2.24) is 14.9 Å². The third-order valence-corrected chi connectivity index (χ3v) is 6.76. The smallest absolute Gasteiger partial charge is 0.215 e. The molecule has 1 fully saturated rings. The van der Waals surface area contributed by atoms with E-state index in [1.54, 1.807) is 16.1 Å². The van der Waals surface area contributed by atoms with Gasteiger partial charge in [-0.15, -0.1) is 0 Å². The van der Waals surface area contributed by atoms with Crippen LogP contribution in [0.3, 0.4) is 0 Å². The maximum absolute atomic E-state index is 12.3. The lowest BCUT2D eigenvalue weighted by Gasteiger charge is -2.25. The maximum Gasteiger partial charge on any atom is 0.215 e. The van der Waals surface area contributed by atoms with Crippen molar-refractivity contribution in [3.63, 3.8) is 0 Å². The lowest BCUT2D eigenvalue weighted by Crippen LogP contribution is -2.44. The first-order valence-electron chi connectivity index (χ1n) is 8.33. The summed E-state index contributed by atoms with van der Waals surface area (Å²) in [6, 6.07) is 7.51. The Balaban J connectivity index is 1.85. The van der Waals surface area contributed by atoms with Crippen LogP contribution >= 0.6 is 23.4 Å². The Morgan fingerprint density at radius 1 is 1.24 bits per heavy atom. The molecule has 0 saturated carbocycles. The molecule has 0 spiro atoms. The normalized spacial score (nSPS) is 16.6. The van der Waals surface area contributed by atoms with Crippen molar-refractivity contribution in [2.45, 2.75) is 13.5 Å². The fourth-order valence-corrected chi connectivity index (χ4v) is 4.97. The van der Waals surface area contributed by atoms with Crippen LogP contribution in [-0.4, -0.2) is 62.1 Å². The summed E-state index contributed by atoms with van der Waals surface area (Å²) in [6.07, 6.45) is 0. The van der Waals surface area contributed by atoms with Gasteiger partial charge < -0.3 is 10.6 Å². The van der Waals surface area contributed by atoms with Crippen molar-refractivity contribution >= 4 is 39.3 Å². The van der Waals surface area contributed by atoms with E-state index in [4.69, 9.17) is 11.6 Å². The molecule has 1 aliphatic rings. The highest BCUT2D eigenvalue weighted by atomic mass is 35.5. The minimum Gasteiger partial charge on any atom is -0.357 e. The number of hydrogen-bond acceptors (Lipinski definition) is 4. The first kappa shape index (κ1) is 20.4. The molecule has 1 saturated heterocycles. The summed E-state index contributed by atoms with van der Waals surface area (Å²) < 4.78 is 26.3. The zero-order chi connectivity index (χ0) is 18.1. The molecule has 0 aromatic heterocycles. The standard InChI is InChI=1S/C16H25ClN4O2S2/c1-2-18-16(20-13-14-3-5-15(17)6-4-14)19-7-12-25(22,23)21-8-10-24-11-9-21/h3-6H,2,7-13H2,1H3,(H2,18,19,20). The van der Waals surface area contributed by atoms with Crippen molar-refractivity contribution in [2.75, 3.05) is 43.4 Å². The van der Waals surface area contributed by atoms with E-state index < -0.39 is 10.0 Å². The average Bonchev–Trinajstić information content (AvgIpc) is 2.61. The molecule has 0 atom stereocenters. The highest BCUT2D eigenvalue weighted by Gasteiger charge is 2.23. The molecule has 1 aliphatic heterocycles. The number of nitrogens with one attached hydrogen (secondary N) is 2. The highest BCUT2D eigenvalue weighted by molar-refractivity contribution is 7.99. The van der Waals surface area contributed by atoms with Gasteiger partial charge in [0.15, 0.2) is 5.96 Å². The summed E-state index contributed by atoms with van der Waals surface area (Å²) in [4.78, 5) is 4.49. The number of halogens is 1. The van der Waals surface area contributed by atoms with E-state index in [1.165, 1.54) is 0 Å². The van der Waals surface area contributed by atoms with E-state index in [1.807, 2.05) is 31.2 Å². The Morgan fingerprint density at radius 3 is 2.56 bits per heavy atom. The second-order valence-corrected chi connectivity index (χ2v) is 9.33. The number of benzene rings is 1. The van der Waals surface area contributed by atoms with Crippen LogP contribution in [0, 0.1) is 0 Å². The molecule has 0 radical (unpaired) electrons. The Kier molecular flexibility index (Phi) is 8.35. The maximum atomic E-state index is 12.3. The lowest BCUT2D eigenvalue weighted by molar-refractivity contribution is 0.443. The average molecular weight is 405 g/mol. The molecule has 25 heavy (non-hydrogen) atoms. The zero-order valence-electron chi connectivity index (χ0n) is 14.4. The van der Waals surface area contributed by atoms with Gasteiger partial charge in [-0.1, -0.05) is 23.7 Å². The molecule has 140 valence electrons. The summed E-state index contributed by atoms with van der Waals surface area (Å²) in [5.74, 6) is 2.43. The van der Waals surface area contributed by atoms with E-state index in [2.05, 4.69) is 15.6 Å². The van der Waals surface area contributed by atoms with Crippen molar-refractivity contribution in [2.24, 2.45) is 4.99 Å². The van der Waals surface area contributed by atoms with E-state index in [0.29, 0.717) is 43.7 Å². The molecule has 0 bridgehead atoms. The van der Waals surface area contributed by atoms with Gasteiger partial charge in [0.25, 0.3) is 0 Å². The van der Waals surface area contributed by atoms with Gasteiger partial charge in [0.2, 0.25) is 10.0 Å². The molecule has 2 rings (SSSR count). The highest BCUT2D eigenvalue weighted by Crippen LogP contribution is 2.13. The van der Waals surface area contributed by atoms with Gasteiger partial charge >= 0.3 is 0 Å². The van der Waals surface area contributed by atoms with Gasteiger partial charge in [0.05, 0.1) is 12.3 Å². The first-order chi connectivity index (χ1) is 12.0. The van der Waals surface area contributed by atoms with Crippen LogP contribution in [0.4, 0.5) is 0 Å². The van der Waals surface area contributed by atoms with Crippen molar-refractivity contribution in [3.05, 3.63) is 34.9 Å². The van der Waals surface area contributed by atoms with E-state index >= 15 is 0 Å². The molecular formula is C16H25ClN4O2S2. The van der Waals surface area contributed by atoms with Gasteiger partial charge in [-0.2, -0.15) is 11.8 Å². The minimum absolute atomic E-state index is 0.0724. The molecule has 0 unspecified atom stereocenters. The second-order valence-electron chi connectivity index (χ2n) is 5.58. The van der Waals surface area contributed by atoms with Gasteiger partial charge in [0, 0.05) is 42.7 Å². The molecule has 1 aromatic rings. The Labute approximate surface area is 159 Å². The van der Waals surface area contributed by atoms with Gasteiger partial charge in [0.1, 0.15) is 0 Å². The quantitative estimate of drug-likeness (QED) is 0.535. The molecular weight excluding hydrogens is 380 g/mol. The van der Waals surface area contributed by atoms with Crippen LogP contribution in [0.25, 0.3) is 0 Å². The molecule has 6 nitrogen and oxygen atoms in total. The number of aliphatic imine (C=N–C) groups is 1. The molecule has 1 heterocycles. The number of nitrogens with zero attached hydrogens (tertiary/aromatic N) is 2. The third-order valence-electron chi connectivity index (χ3n) is 3.69. The zero-order valence-corrected chi connectivity index (χ0v) is 16.8. The van der Waals surface area contributed by atoms with Crippen LogP contribution in [-0.2, 0) is 16.6 Å². The van der Waals surface area contributed by atoms with Crippen LogP contribution in [0.5, 0.6) is 0 Å². The van der Waals surface area contributed by atoms with E-state index in [9.17, 15) is 8.42 Å². The lowest BCUT2D eigenvalue weighted by atomic mass is 10.2. The number of rotatable bonds is 7. The molecule has 9 heteroatoms. The predicted octanol–water partition coefficient (Wildman–Crippen LogP) is 1.77. The van der Waals surface area contributed by atoms with Crippen LogP contribution < -0.4 is 10.6 Å². The van der Waals surface area contributed by atoms with E-state index in [0.717, 1.165) is 17.1 Å². The molecule has 1 aromatic carbocycles. The molecule has 0 amide bonds. The van der Waals surface area contributed by atoms with Crippen molar-refractivity contribution in [1.29, 1.82) is 0 Å². The Bertz CT molecular complexity index is 659. The summed E-state index contributed by atoms with van der Waals surface area (Å²) in [5, 5.41) is 6.92. The summed E-state index contributed by atoms with van der Waals surface area (Å²) in [5.41, 5.74) is 1.04. The number of thioether (sulfide) groups is 1. The topological polar surface area (TPSA) is 73.8 Å². The van der Waals surface area contributed by atoms with Crippen molar-refractivity contribution in [3.8, 4) is 0 Å². The largest absolute Gasteiger partial charge is 0.357 e. The Morgan fingerprint density at radius 2 is 1.92 bits per heavy atom. The molecule has 0 aliphatic carbocycles. The fourth-order valence-electron chi connectivity index (χ4n) is 2.35. The Hall–Kier alpha value is -0.960. The molecule has 2 N–H and O–H groups in total. The SMILES string of the molecule is CCNC(=NCc1ccc(Cl)cc1)NCCS(=O)(=O)N1CCSCC1. The fraction of sp³-hybridized carbons (Fsp3) is 0.562. The third kappa shape index (κ3) is 7.05. The monoisotopic (exact) mass is 404 g/mol. The van der Waals surface area contributed by atoms with Gasteiger partial charge in [-0.3, -0.25) is 0 Å². The first-order valence-corrected chi connectivity index (χ1v) is 11.5. The van der Waals surface area contributed by atoms with Crippen LogP contribution in [0.1, 0.15) is 12.5 Å². The number of sulfonamides is 1. The van der Waals surface area contributed by atoms with Gasteiger partial charge in [-0.05, 0) is 24.6 Å². The summed E-state index contributed by atoms with van der Waals surface area (Å²) in [6.45, 7) is 4.74.